The zero-order valence-corrected chi connectivity index (χ0v) is 17.8. The SMILES string of the molecule is O=C(CSCc1c(Cl)cccc1Cl)Nc1ccc(-c2nnc(-c3ccco3)o2)cc1. The van der Waals surface area contributed by atoms with Crippen LogP contribution in [0.1, 0.15) is 5.56 Å². The van der Waals surface area contributed by atoms with Gasteiger partial charge in [-0.3, -0.25) is 4.79 Å². The Morgan fingerprint density at radius 3 is 2.40 bits per heavy atom. The normalized spacial score (nSPS) is 10.9. The molecule has 4 rings (SSSR count). The summed E-state index contributed by atoms with van der Waals surface area (Å²) in [6, 6.07) is 16.0. The van der Waals surface area contributed by atoms with Gasteiger partial charge in [-0.25, -0.2) is 0 Å². The molecule has 4 aromatic rings. The Balaban J connectivity index is 1.32. The number of hydrogen-bond acceptors (Lipinski definition) is 6. The molecule has 0 unspecified atom stereocenters. The summed E-state index contributed by atoms with van der Waals surface area (Å²) in [7, 11) is 0. The van der Waals surface area contributed by atoms with Gasteiger partial charge in [-0.2, -0.15) is 0 Å². The summed E-state index contributed by atoms with van der Waals surface area (Å²) in [6.45, 7) is 0. The maximum Gasteiger partial charge on any atom is 0.283 e. The molecule has 0 saturated carbocycles. The summed E-state index contributed by atoms with van der Waals surface area (Å²) in [4.78, 5) is 12.2. The van der Waals surface area contributed by atoms with Crippen molar-refractivity contribution in [2.75, 3.05) is 11.1 Å². The van der Waals surface area contributed by atoms with Crippen molar-refractivity contribution in [3.05, 3.63) is 76.5 Å². The van der Waals surface area contributed by atoms with Crippen molar-refractivity contribution in [1.29, 1.82) is 0 Å². The van der Waals surface area contributed by atoms with Crippen molar-refractivity contribution in [3.63, 3.8) is 0 Å². The highest BCUT2D eigenvalue weighted by Crippen LogP contribution is 2.28. The van der Waals surface area contributed by atoms with Crippen molar-refractivity contribution < 1.29 is 13.6 Å². The predicted molar refractivity (Wildman–Crippen MR) is 119 cm³/mol. The number of halogens is 2. The van der Waals surface area contributed by atoms with Crippen LogP contribution in [-0.4, -0.2) is 21.9 Å². The van der Waals surface area contributed by atoms with Crippen LogP contribution in [0, 0.1) is 0 Å². The highest BCUT2D eigenvalue weighted by atomic mass is 35.5. The number of hydrogen-bond donors (Lipinski definition) is 1. The summed E-state index contributed by atoms with van der Waals surface area (Å²) in [5, 5.41) is 12.1. The number of anilines is 1. The molecule has 1 amide bonds. The molecule has 0 fully saturated rings. The van der Waals surface area contributed by atoms with Crippen molar-refractivity contribution in [2.24, 2.45) is 0 Å². The Morgan fingerprint density at radius 1 is 0.967 bits per heavy atom. The third-order valence-corrected chi connectivity index (χ3v) is 5.78. The molecule has 0 saturated heterocycles. The van der Waals surface area contributed by atoms with E-state index in [-0.39, 0.29) is 11.7 Å². The molecule has 0 aliphatic rings. The van der Waals surface area contributed by atoms with E-state index in [0.29, 0.717) is 39.0 Å². The number of carbonyl (C=O) groups is 1. The fraction of sp³-hybridized carbons (Fsp3) is 0.0952. The van der Waals surface area contributed by atoms with E-state index in [9.17, 15) is 4.79 Å². The van der Waals surface area contributed by atoms with Crippen LogP contribution < -0.4 is 5.32 Å². The Labute approximate surface area is 186 Å². The maximum absolute atomic E-state index is 12.2. The van der Waals surface area contributed by atoms with Gasteiger partial charge in [-0.15, -0.1) is 22.0 Å². The molecule has 1 N–H and O–H groups in total. The molecule has 0 aliphatic heterocycles. The van der Waals surface area contributed by atoms with Gasteiger partial charge >= 0.3 is 0 Å². The zero-order chi connectivity index (χ0) is 20.9. The van der Waals surface area contributed by atoms with Gasteiger partial charge in [0, 0.05) is 27.0 Å². The van der Waals surface area contributed by atoms with Crippen LogP contribution in [-0.2, 0) is 10.5 Å². The first-order chi connectivity index (χ1) is 14.6. The second kappa shape index (κ2) is 9.38. The van der Waals surface area contributed by atoms with E-state index in [1.807, 2.05) is 0 Å². The quantitative estimate of drug-likeness (QED) is 0.355. The molecule has 0 spiro atoms. The highest BCUT2D eigenvalue weighted by Gasteiger charge is 2.13. The first kappa shape index (κ1) is 20.5. The topological polar surface area (TPSA) is 81.2 Å². The van der Waals surface area contributed by atoms with Gasteiger partial charge in [0.1, 0.15) is 0 Å². The van der Waals surface area contributed by atoms with Crippen molar-refractivity contribution >= 4 is 46.6 Å². The van der Waals surface area contributed by atoms with E-state index in [0.717, 1.165) is 11.1 Å². The zero-order valence-electron chi connectivity index (χ0n) is 15.5. The molecular formula is C21H15Cl2N3O3S. The molecule has 2 aromatic carbocycles. The molecule has 9 heteroatoms. The highest BCUT2D eigenvalue weighted by molar-refractivity contribution is 7.99. The second-order valence-corrected chi connectivity index (χ2v) is 8.01. The van der Waals surface area contributed by atoms with E-state index in [1.54, 1.807) is 54.6 Å². The largest absolute Gasteiger partial charge is 0.459 e. The molecule has 2 heterocycles. The Morgan fingerprint density at radius 2 is 1.70 bits per heavy atom. The molecule has 30 heavy (non-hydrogen) atoms. The lowest BCUT2D eigenvalue weighted by Crippen LogP contribution is -2.14. The molecule has 0 aliphatic carbocycles. The predicted octanol–water partition coefficient (Wildman–Crippen LogP) is 6.18. The smallest absolute Gasteiger partial charge is 0.283 e. The molecule has 0 bridgehead atoms. The van der Waals surface area contributed by atoms with Crippen LogP contribution >= 0.6 is 35.0 Å². The first-order valence-corrected chi connectivity index (χ1v) is 10.8. The molecule has 152 valence electrons. The monoisotopic (exact) mass is 459 g/mol. The number of amides is 1. The van der Waals surface area contributed by atoms with E-state index in [4.69, 9.17) is 32.0 Å². The van der Waals surface area contributed by atoms with Gasteiger partial charge in [0.2, 0.25) is 11.8 Å². The fourth-order valence-corrected chi connectivity index (χ4v) is 4.21. The lowest BCUT2D eigenvalue weighted by Gasteiger charge is -2.08. The van der Waals surface area contributed by atoms with Gasteiger partial charge in [0.25, 0.3) is 5.89 Å². The Bertz CT molecular complexity index is 1120. The number of nitrogens with one attached hydrogen (secondary N) is 1. The van der Waals surface area contributed by atoms with Crippen LogP contribution in [0.3, 0.4) is 0 Å². The van der Waals surface area contributed by atoms with E-state index >= 15 is 0 Å². The third-order valence-electron chi connectivity index (χ3n) is 4.11. The van der Waals surface area contributed by atoms with Crippen LogP contribution in [0.4, 0.5) is 5.69 Å². The van der Waals surface area contributed by atoms with Gasteiger partial charge in [0.15, 0.2) is 5.76 Å². The minimum absolute atomic E-state index is 0.117. The molecule has 0 atom stereocenters. The van der Waals surface area contributed by atoms with Crippen molar-refractivity contribution in [2.45, 2.75) is 5.75 Å². The summed E-state index contributed by atoms with van der Waals surface area (Å²) >= 11 is 13.7. The Hall–Kier alpha value is -2.74. The number of thioether (sulfide) groups is 1. The number of carbonyl (C=O) groups excluding carboxylic acids is 1. The summed E-state index contributed by atoms with van der Waals surface area (Å²) in [6.07, 6.45) is 1.54. The van der Waals surface area contributed by atoms with Gasteiger partial charge in [0.05, 0.1) is 12.0 Å². The molecular weight excluding hydrogens is 445 g/mol. The first-order valence-electron chi connectivity index (χ1n) is 8.88. The van der Waals surface area contributed by atoms with Crippen molar-refractivity contribution in [3.8, 4) is 23.1 Å². The van der Waals surface area contributed by atoms with Crippen LogP contribution in [0.25, 0.3) is 23.1 Å². The summed E-state index contributed by atoms with van der Waals surface area (Å²) < 4.78 is 10.9. The van der Waals surface area contributed by atoms with Crippen LogP contribution in [0.2, 0.25) is 10.0 Å². The molecule has 0 radical (unpaired) electrons. The standard InChI is InChI=1S/C21H15Cl2N3O3S/c22-16-3-1-4-17(23)15(16)11-30-12-19(27)24-14-8-6-13(7-9-14)20-25-26-21(29-20)18-5-2-10-28-18/h1-10H,11-12H2,(H,24,27). The average molecular weight is 460 g/mol. The van der Waals surface area contributed by atoms with Crippen molar-refractivity contribution in [1.82, 2.24) is 10.2 Å². The number of nitrogens with zero attached hydrogens (tertiary/aromatic N) is 2. The van der Waals surface area contributed by atoms with E-state index < -0.39 is 0 Å². The van der Waals surface area contributed by atoms with Gasteiger partial charge < -0.3 is 14.2 Å². The van der Waals surface area contributed by atoms with Crippen LogP contribution in [0.15, 0.2) is 69.7 Å². The minimum atomic E-state index is -0.117. The second-order valence-electron chi connectivity index (χ2n) is 6.21. The van der Waals surface area contributed by atoms with Gasteiger partial charge in [-0.1, -0.05) is 29.3 Å². The Kier molecular flexibility index (Phi) is 6.42. The van der Waals surface area contributed by atoms with Gasteiger partial charge in [-0.05, 0) is 54.1 Å². The average Bonchev–Trinajstić information content (AvgIpc) is 3.42. The number of rotatable bonds is 7. The lowest BCUT2D eigenvalue weighted by molar-refractivity contribution is -0.113. The van der Waals surface area contributed by atoms with E-state index in [2.05, 4.69) is 15.5 Å². The molecule has 2 aromatic heterocycles. The maximum atomic E-state index is 12.2. The summed E-state index contributed by atoms with van der Waals surface area (Å²) in [5.74, 6) is 1.90. The number of aromatic nitrogens is 2. The third kappa shape index (κ3) is 4.87. The number of furan rings is 1. The lowest BCUT2D eigenvalue weighted by atomic mass is 10.2. The van der Waals surface area contributed by atoms with Crippen LogP contribution in [0.5, 0.6) is 0 Å². The van der Waals surface area contributed by atoms with E-state index in [1.165, 1.54) is 18.0 Å². The number of benzene rings is 2. The minimum Gasteiger partial charge on any atom is -0.459 e. The fourth-order valence-electron chi connectivity index (χ4n) is 2.65. The molecule has 6 nitrogen and oxygen atoms in total. The summed E-state index contributed by atoms with van der Waals surface area (Å²) in [5.41, 5.74) is 2.24.